The Balaban J connectivity index is 1.18. The lowest BCUT2D eigenvalue weighted by atomic mass is 10.1. The average molecular weight is 395 g/mol. The van der Waals surface area contributed by atoms with Gasteiger partial charge in [0.05, 0.1) is 12.5 Å². The van der Waals surface area contributed by atoms with Crippen LogP contribution >= 0.6 is 0 Å². The first-order valence-corrected chi connectivity index (χ1v) is 11.0. The van der Waals surface area contributed by atoms with Crippen LogP contribution in [0.5, 0.6) is 0 Å². The molecular formula is C23H30N4O2. The molecule has 6 nitrogen and oxygen atoms in total. The normalized spacial score (nSPS) is 23.7. The molecule has 2 aliphatic heterocycles. The zero-order valence-electron chi connectivity index (χ0n) is 17.0. The Morgan fingerprint density at radius 2 is 1.90 bits per heavy atom. The van der Waals surface area contributed by atoms with Crippen LogP contribution in [0.1, 0.15) is 31.2 Å². The van der Waals surface area contributed by atoms with E-state index in [2.05, 4.69) is 20.9 Å². The van der Waals surface area contributed by atoms with Gasteiger partial charge in [0.2, 0.25) is 11.8 Å². The fourth-order valence-electron chi connectivity index (χ4n) is 4.91. The Bertz CT molecular complexity index is 903. The first-order valence-electron chi connectivity index (χ1n) is 11.0. The lowest BCUT2D eigenvalue weighted by Crippen LogP contribution is -2.44. The molecule has 29 heavy (non-hydrogen) atoms. The van der Waals surface area contributed by atoms with Gasteiger partial charge in [0.1, 0.15) is 0 Å². The van der Waals surface area contributed by atoms with E-state index in [4.69, 9.17) is 0 Å². The Hall–Kier alpha value is -2.34. The molecule has 3 fully saturated rings. The highest BCUT2D eigenvalue weighted by Gasteiger charge is 2.38. The number of fused-ring (bicyclic) bond motifs is 1. The van der Waals surface area contributed by atoms with Gasteiger partial charge in [-0.05, 0) is 43.2 Å². The zero-order valence-corrected chi connectivity index (χ0v) is 17.0. The summed E-state index contributed by atoms with van der Waals surface area (Å²) in [4.78, 5) is 35.4. The highest BCUT2D eigenvalue weighted by atomic mass is 16.2. The summed E-state index contributed by atoms with van der Waals surface area (Å²) in [6.45, 7) is 5.06. The van der Waals surface area contributed by atoms with Crippen LogP contribution in [0.15, 0.2) is 30.5 Å². The number of nitrogens with zero attached hydrogens (tertiary/aromatic N) is 3. The molecule has 2 aromatic rings. The molecule has 5 rings (SSSR count). The minimum Gasteiger partial charge on any atom is -0.361 e. The quantitative estimate of drug-likeness (QED) is 0.846. The van der Waals surface area contributed by atoms with Crippen molar-refractivity contribution in [2.24, 2.45) is 5.92 Å². The van der Waals surface area contributed by atoms with Crippen LogP contribution in [0.2, 0.25) is 0 Å². The fourth-order valence-corrected chi connectivity index (χ4v) is 4.91. The molecule has 1 aromatic heterocycles. The minimum absolute atomic E-state index is 0.0254. The number of aromatic nitrogens is 1. The fraction of sp³-hybridized carbons (Fsp3) is 0.565. The summed E-state index contributed by atoms with van der Waals surface area (Å²) in [5.41, 5.74) is 2.14. The van der Waals surface area contributed by atoms with Crippen molar-refractivity contribution in [3.8, 4) is 0 Å². The smallest absolute Gasteiger partial charge is 0.240 e. The van der Waals surface area contributed by atoms with Crippen molar-refractivity contribution in [3.05, 3.63) is 36.0 Å². The molecule has 3 heterocycles. The summed E-state index contributed by atoms with van der Waals surface area (Å²) in [7, 11) is 0. The van der Waals surface area contributed by atoms with Crippen molar-refractivity contribution in [1.29, 1.82) is 0 Å². The molecule has 1 aliphatic carbocycles. The molecule has 3 aliphatic rings. The second-order valence-corrected chi connectivity index (χ2v) is 8.84. The van der Waals surface area contributed by atoms with Crippen LogP contribution in [-0.2, 0) is 16.0 Å². The van der Waals surface area contributed by atoms with E-state index in [1.165, 1.54) is 12.8 Å². The number of likely N-dealkylation sites (tertiary alicyclic amines) is 1. The van der Waals surface area contributed by atoms with Gasteiger partial charge in [-0.2, -0.15) is 0 Å². The van der Waals surface area contributed by atoms with Crippen molar-refractivity contribution < 1.29 is 9.59 Å². The second kappa shape index (κ2) is 7.82. The maximum atomic E-state index is 13.0. The standard InChI is InChI=1S/C23H30N4O2/c28-22(14-18-15-24-20-5-2-1-4-19(18)20)26-10-3-9-25(12-13-26)21-8-11-27(23(21)29)16-17-6-7-17/h1-2,4-5,15,17,21,24H,3,6-14,16H2/t21-/m1/s1. The van der Waals surface area contributed by atoms with E-state index in [-0.39, 0.29) is 11.9 Å². The van der Waals surface area contributed by atoms with Gasteiger partial charge in [-0.15, -0.1) is 0 Å². The zero-order chi connectivity index (χ0) is 19.8. The summed E-state index contributed by atoms with van der Waals surface area (Å²) >= 11 is 0. The van der Waals surface area contributed by atoms with Crippen molar-refractivity contribution in [3.63, 3.8) is 0 Å². The molecule has 154 valence electrons. The first-order chi connectivity index (χ1) is 14.2. The van der Waals surface area contributed by atoms with Gasteiger partial charge >= 0.3 is 0 Å². The van der Waals surface area contributed by atoms with Gasteiger partial charge in [0.15, 0.2) is 0 Å². The van der Waals surface area contributed by atoms with Gasteiger partial charge in [-0.3, -0.25) is 14.5 Å². The highest BCUT2D eigenvalue weighted by molar-refractivity contribution is 5.89. The first kappa shape index (κ1) is 18.7. The number of rotatable bonds is 5. The third-order valence-corrected chi connectivity index (χ3v) is 6.79. The number of carbonyl (C=O) groups excluding carboxylic acids is 2. The molecule has 1 atom stereocenters. The van der Waals surface area contributed by atoms with Crippen LogP contribution in [-0.4, -0.2) is 76.8 Å². The number of nitrogens with one attached hydrogen (secondary N) is 1. The van der Waals surface area contributed by atoms with Crippen LogP contribution in [0.4, 0.5) is 0 Å². The summed E-state index contributed by atoms with van der Waals surface area (Å²) in [6.07, 6.45) is 6.83. The van der Waals surface area contributed by atoms with Gasteiger partial charge in [-0.1, -0.05) is 18.2 Å². The van der Waals surface area contributed by atoms with Gasteiger partial charge in [0.25, 0.3) is 0 Å². The van der Waals surface area contributed by atoms with Crippen LogP contribution in [0, 0.1) is 5.92 Å². The lowest BCUT2D eigenvalue weighted by molar-refractivity contribution is -0.132. The number of para-hydroxylation sites is 1. The number of H-pyrrole nitrogens is 1. The summed E-state index contributed by atoms with van der Waals surface area (Å²) in [5, 5.41) is 1.13. The number of hydrogen-bond acceptors (Lipinski definition) is 3. The largest absolute Gasteiger partial charge is 0.361 e. The van der Waals surface area contributed by atoms with E-state index < -0.39 is 0 Å². The van der Waals surface area contributed by atoms with Crippen molar-refractivity contribution in [2.75, 3.05) is 39.3 Å². The Kier molecular flexibility index (Phi) is 5.04. The predicted molar refractivity (Wildman–Crippen MR) is 112 cm³/mol. The van der Waals surface area contributed by atoms with Crippen molar-refractivity contribution in [1.82, 2.24) is 19.7 Å². The van der Waals surface area contributed by atoms with Gasteiger partial charge in [-0.25, -0.2) is 0 Å². The van der Waals surface area contributed by atoms with E-state index in [1.807, 2.05) is 29.3 Å². The molecule has 0 radical (unpaired) electrons. The number of amides is 2. The number of hydrogen-bond donors (Lipinski definition) is 1. The third-order valence-electron chi connectivity index (χ3n) is 6.79. The molecular weight excluding hydrogens is 364 g/mol. The van der Waals surface area contributed by atoms with E-state index in [1.54, 1.807) is 0 Å². The Labute approximate surface area is 171 Å². The third kappa shape index (κ3) is 3.90. The van der Waals surface area contributed by atoms with E-state index in [0.29, 0.717) is 18.9 Å². The van der Waals surface area contributed by atoms with Crippen molar-refractivity contribution >= 4 is 22.7 Å². The summed E-state index contributed by atoms with van der Waals surface area (Å²) in [6, 6.07) is 8.15. The lowest BCUT2D eigenvalue weighted by Gasteiger charge is -2.26. The van der Waals surface area contributed by atoms with Crippen LogP contribution < -0.4 is 0 Å². The molecule has 1 saturated carbocycles. The van der Waals surface area contributed by atoms with Crippen molar-refractivity contribution in [2.45, 2.75) is 38.1 Å². The predicted octanol–water partition coefficient (Wildman–Crippen LogP) is 2.26. The molecule has 2 amide bonds. The summed E-state index contributed by atoms with van der Waals surface area (Å²) < 4.78 is 0. The molecule has 0 spiro atoms. The maximum absolute atomic E-state index is 13.0. The Morgan fingerprint density at radius 1 is 1.03 bits per heavy atom. The SMILES string of the molecule is O=C(Cc1c[nH]c2ccccc12)N1CCCN([C@@H]2CCN(CC3CC3)C2=O)CC1. The molecule has 2 saturated heterocycles. The number of carbonyl (C=O) groups is 2. The van der Waals surface area contributed by atoms with Gasteiger partial charge < -0.3 is 14.8 Å². The molecule has 0 unspecified atom stereocenters. The summed E-state index contributed by atoms with van der Waals surface area (Å²) in [5.74, 6) is 1.25. The molecule has 1 N–H and O–H groups in total. The van der Waals surface area contributed by atoms with Gasteiger partial charge in [0, 0.05) is 56.4 Å². The van der Waals surface area contributed by atoms with Crippen LogP contribution in [0.25, 0.3) is 10.9 Å². The second-order valence-electron chi connectivity index (χ2n) is 8.84. The Morgan fingerprint density at radius 3 is 2.76 bits per heavy atom. The average Bonchev–Trinajstić information content (AvgIpc) is 3.43. The maximum Gasteiger partial charge on any atom is 0.240 e. The number of benzene rings is 1. The van der Waals surface area contributed by atoms with E-state index in [9.17, 15) is 9.59 Å². The highest BCUT2D eigenvalue weighted by Crippen LogP contribution is 2.32. The van der Waals surface area contributed by atoms with E-state index >= 15 is 0 Å². The molecule has 1 aromatic carbocycles. The van der Waals surface area contributed by atoms with Crippen LogP contribution in [0.3, 0.4) is 0 Å². The molecule has 6 heteroatoms. The topological polar surface area (TPSA) is 59.7 Å². The minimum atomic E-state index is 0.0254. The number of aromatic amines is 1. The van der Waals surface area contributed by atoms with E-state index in [0.717, 1.165) is 67.9 Å². The molecule has 0 bridgehead atoms. The monoisotopic (exact) mass is 394 g/mol.